The summed E-state index contributed by atoms with van der Waals surface area (Å²) < 4.78 is 2.06. The summed E-state index contributed by atoms with van der Waals surface area (Å²) in [4.78, 5) is 11.7. The maximum absolute atomic E-state index is 11.7. The Labute approximate surface area is 100 Å². The van der Waals surface area contributed by atoms with Crippen molar-refractivity contribution in [3.8, 4) is 12.3 Å². The molecule has 0 aliphatic carbocycles. The number of nitrogens with one attached hydrogen (secondary N) is 1. The monoisotopic (exact) mass is 226 g/mol. The topological polar surface area (TPSA) is 34.0 Å². The number of rotatable bonds is 4. The van der Waals surface area contributed by atoms with Crippen LogP contribution in [0, 0.1) is 12.3 Å². The molecule has 0 aliphatic heterocycles. The van der Waals surface area contributed by atoms with Crippen molar-refractivity contribution >= 4 is 10.9 Å². The van der Waals surface area contributed by atoms with Gasteiger partial charge in [0.05, 0.1) is 12.1 Å². The lowest BCUT2D eigenvalue weighted by atomic mass is 10.2. The lowest BCUT2D eigenvalue weighted by Crippen LogP contribution is -2.21. The number of para-hydroxylation sites is 1. The predicted molar refractivity (Wildman–Crippen MR) is 69.9 cm³/mol. The lowest BCUT2D eigenvalue weighted by Gasteiger charge is -2.10. The van der Waals surface area contributed by atoms with Crippen molar-refractivity contribution in [2.24, 2.45) is 0 Å². The molecule has 0 saturated carbocycles. The van der Waals surface area contributed by atoms with Gasteiger partial charge < -0.3 is 9.88 Å². The minimum Gasteiger partial charge on any atom is -0.346 e. The van der Waals surface area contributed by atoms with Crippen molar-refractivity contribution < 1.29 is 0 Å². The van der Waals surface area contributed by atoms with Crippen LogP contribution >= 0.6 is 0 Å². The number of benzene rings is 1. The average Bonchev–Trinajstić information content (AvgIpc) is 2.37. The zero-order chi connectivity index (χ0) is 12.1. The van der Waals surface area contributed by atoms with E-state index in [1.807, 2.05) is 30.5 Å². The van der Waals surface area contributed by atoms with Crippen molar-refractivity contribution in [3.05, 3.63) is 46.8 Å². The van der Waals surface area contributed by atoms with Crippen LogP contribution in [0.4, 0.5) is 0 Å². The first-order valence-electron chi connectivity index (χ1n) is 5.55. The number of hydrogen-bond acceptors (Lipinski definition) is 2. The molecule has 0 amide bonds. The molecule has 0 radical (unpaired) electrons. The molecule has 0 atom stereocenters. The minimum absolute atomic E-state index is 0.0634. The second-order valence-electron chi connectivity index (χ2n) is 3.77. The fourth-order valence-corrected chi connectivity index (χ4v) is 1.82. The number of hydrogen-bond donors (Lipinski definition) is 1. The Morgan fingerprint density at radius 3 is 2.94 bits per heavy atom. The molecule has 0 unspecified atom stereocenters. The molecule has 1 heterocycles. The van der Waals surface area contributed by atoms with Gasteiger partial charge in [0.25, 0.3) is 0 Å². The second kappa shape index (κ2) is 5.33. The maximum atomic E-state index is 11.7. The maximum Gasteiger partial charge on any atom is 0.189 e. The van der Waals surface area contributed by atoms with Crippen LogP contribution in [0.3, 0.4) is 0 Å². The van der Waals surface area contributed by atoms with Gasteiger partial charge in [-0.05, 0) is 12.1 Å². The first-order chi connectivity index (χ1) is 8.33. The summed E-state index contributed by atoms with van der Waals surface area (Å²) >= 11 is 0. The van der Waals surface area contributed by atoms with E-state index in [-0.39, 0.29) is 5.43 Å². The summed E-state index contributed by atoms with van der Waals surface area (Å²) in [5.74, 6) is 2.53. The van der Waals surface area contributed by atoms with Gasteiger partial charge >= 0.3 is 0 Å². The first-order valence-corrected chi connectivity index (χ1v) is 5.55. The van der Waals surface area contributed by atoms with E-state index in [9.17, 15) is 4.79 Å². The van der Waals surface area contributed by atoms with Gasteiger partial charge in [-0.3, -0.25) is 4.79 Å². The van der Waals surface area contributed by atoms with Crippen LogP contribution in [0.2, 0.25) is 0 Å². The Bertz CT molecular complexity index is 607. The highest BCUT2D eigenvalue weighted by molar-refractivity contribution is 5.78. The van der Waals surface area contributed by atoms with Crippen molar-refractivity contribution in [3.63, 3.8) is 0 Å². The minimum atomic E-state index is 0.0634. The highest BCUT2D eigenvalue weighted by Gasteiger charge is 2.00. The third-order valence-corrected chi connectivity index (χ3v) is 2.64. The van der Waals surface area contributed by atoms with Gasteiger partial charge in [0.2, 0.25) is 0 Å². The van der Waals surface area contributed by atoms with Crippen LogP contribution in [0.15, 0.2) is 41.3 Å². The highest BCUT2D eigenvalue weighted by Crippen LogP contribution is 2.08. The highest BCUT2D eigenvalue weighted by atomic mass is 16.1. The van der Waals surface area contributed by atoms with Gasteiger partial charge in [-0.15, -0.1) is 6.42 Å². The van der Waals surface area contributed by atoms with Gasteiger partial charge in [0.1, 0.15) is 0 Å². The number of nitrogens with zero attached hydrogens (tertiary/aromatic N) is 1. The van der Waals surface area contributed by atoms with Gasteiger partial charge in [0, 0.05) is 30.7 Å². The Hall–Kier alpha value is -2.05. The van der Waals surface area contributed by atoms with Crippen LogP contribution in [0.1, 0.15) is 0 Å². The third kappa shape index (κ3) is 2.55. The molecule has 3 nitrogen and oxygen atoms in total. The molecule has 0 saturated heterocycles. The van der Waals surface area contributed by atoms with Crippen molar-refractivity contribution in [1.82, 2.24) is 9.88 Å². The van der Waals surface area contributed by atoms with Crippen molar-refractivity contribution in [2.45, 2.75) is 6.54 Å². The Morgan fingerprint density at radius 2 is 2.12 bits per heavy atom. The summed E-state index contributed by atoms with van der Waals surface area (Å²) in [6.07, 6.45) is 6.98. The first kappa shape index (κ1) is 11.4. The molecule has 0 aliphatic rings. The molecule has 3 heteroatoms. The van der Waals surface area contributed by atoms with Crippen molar-refractivity contribution in [1.29, 1.82) is 0 Å². The normalized spacial score (nSPS) is 10.3. The van der Waals surface area contributed by atoms with Crippen LogP contribution in [-0.2, 0) is 6.54 Å². The van der Waals surface area contributed by atoms with E-state index in [1.165, 1.54) is 0 Å². The Morgan fingerprint density at radius 1 is 1.29 bits per heavy atom. The van der Waals surface area contributed by atoms with Gasteiger partial charge in [-0.1, -0.05) is 18.1 Å². The SMILES string of the molecule is C#CCNCCn1ccc(=O)c2ccccc21. The fraction of sp³-hybridized carbons (Fsp3) is 0.214. The lowest BCUT2D eigenvalue weighted by molar-refractivity contribution is 0.641. The number of aromatic nitrogens is 1. The predicted octanol–water partition coefficient (Wildman–Crippen LogP) is 1.22. The standard InChI is InChI=1S/C14H14N2O/c1-2-8-15-9-11-16-10-7-14(17)12-5-3-4-6-13(12)16/h1,3-7,10,15H,8-9,11H2. The molecule has 0 spiro atoms. The van der Waals surface area contributed by atoms with E-state index in [0.717, 1.165) is 24.0 Å². The molecule has 1 N–H and O–H groups in total. The molecule has 0 bridgehead atoms. The molecular formula is C14H14N2O. The molecule has 1 aromatic carbocycles. The second-order valence-corrected chi connectivity index (χ2v) is 3.77. The third-order valence-electron chi connectivity index (χ3n) is 2.64. The quantitative estimate of drug-likeness (QED) is 0.628. The number of fused-ring (bicyclic) bond motifs is 1. The summed E-state index contributed by atoms with van der Waals surface area (Å²) in [5, 5.41) is 3.88. The van der Waals surface area contributed by atoms with Crippen LogP contribution in [0.25, 0.3) is 10.9 Å². The summed E-state index contributed by atoms with van der Waals surface area (Å²) in [6.45, 7) is 2.15. The summed E-state index contributed by atoms with van der Waals surface area (Å²) in [5.41, 5.74) is 1.02. The zero-order valence-corrected chi connectivity index (χ0v) is 9.52. The van der Waals surface area contributed by atoms with Crippen LogP contribution < -0.4 is 10.7 Å². The van der Waals surface area contributed by atoms with E-state index in [4.69, 9.17) is 6.42 Å². The molecule has 17 heavy (non-hydrogen) atoms. The fourth-order valence-electron chi connectivity index (χ4n) is 1.82. The number of pyridine rings is 1. The van der Waals surface area contributed by atoms with E-state index in [2.05, 4.69) is 15.8 Å². The van der Waals surface area contributed by atoms with Crippen LogP contribution in [0.5, 0.6) is 0 Å². The van der Waals surface area contributed by atoms with E-state index < -0.39 is 0 Å². The summed E-state index contributed by atoms with van der Waals surface area (Å²) in [6, 6.07) is 9.22. The molecular weight excluding hydrogens is 212 g/mol. The van der Waals surface area contributed by atoms with Gasteiger partial charge in [-0.25, -0.2) is 0 Å². The molecule has 0 fully saturated rings. The largest absolute Gasteiger partial charge is 0.346 e. The van der Waals surface area contributed by atoms with Crippen molar-refractivity contribution in [2.75, 3.05) is 13.1 Å². The van der Waals surface area contributed by atoms with E-state index in [0.29, 0.717) is 6.54 Å². The molecule has 2 aromatic rings. The van der Waals surface area contributed by atoms with E-state index >= 15 is 0 Å². The smallest absolute Gasteiger partial charge is 0.189 e. The van der Waals surface area contributed by atoms with Gasteiger partial charge in [-0.2, -0.15) is 0 Å². The molecule has 2 rings (SSSR count). The summed E-state index contributed by atoms with van der Waals surface area (Å²) in [7, 11) is 0. The van der Waals surface area contributed by atoms with Gasteiger partial charge in [0.15, 0.2) is 5.43 Å². The number of terminal acetylenes is 1. The Kier molecular flexibility index (Phi) is 3.59. The average molecular weight is 226 g/mol. The zero-order valence-electron chi connectivity index (χ0n) is 9.52. The van der Waals surface area contributed by atoms with E-state index in [1.54, 1.807) is 6.07 Å². The molecule has 1 aromatic heterocycles. The Balaban J connectivity index is 2.26. The van der Waals surface area contributed by atoms with Crippen LogP contribution in [-0.4, -0.2) is 17.7 Å². The molecule has 86 valence electrons.